The van der Waals surface area contributed by atoms with E-state index in [-0.39, 0.29) is 46.4 Å². The minimum atomic E-state index is -2.47. The Kier molecular flexibility index (Phi) is 10.1. The number of ether oxygens (including phenoxy) is 5. The summed E-state index contributed by atoms with van der Waals surface area (Å²) in [5.41, 5.74) is -7.47. The zero-order valence-electron chi connectivity index (χ0n) is 30.3. The van der Waals surface area contributed by atoms with Crippen LogP contribution in [-0.4, -0.2) is 126 Å². The number of aliphatic hydroxyl groups is 5. The van der Waals surface area contributed by atoms with Crippen molar-refractivity contribution >= 4 is 29.1 Å². The average Bonchev–Trinajstić information content (AvgIpc) is 3.08. The monoisotopic (exact) mass is 760 g/mol. The molecule has 0 unspecified atom stereocenters. The number of carbonyl (C=O) groups is 3. The number of phenols is 1. The van der Waals surface area contributed by atoms with Gasteiger partial charge in [0.1, 0.15) is 17.5 Å². The van der Waals surface area contributed by atoms with Crippen molar-refractivity contribution in [1.29, 1.82) is 0 Å². The zero-order chi connectivity index (χ0) is 38.4. The first-order valence-electron chi connectivity index (χ1n) is 18.2. The van der Waals surface area contributed by atoms with Crippen molar-refractivity contribution in [2.45, 2.75) is 151 Å². The Morgan fingerprint density at radius 1 is 0.868 bits per heavy atom. The quantitative estimate of drug-likeness (QED) is 0.245. The standard InChI is InChI=1S/C38H48O14S/c1-16-22(39)8-10-28(49-16)51-25-13-24(48-18(3)32(25)42)19-6-7-20-30(33(19)43)34(44)21-12-27(53-5)37(47)15-36(4,46)14-26(41)38(37,31(21)35(20)45)52-29-11-9-23(40)17(2)50-29/h6-7,12,16-18,22-25,28-29,32,39-40,42-43,46-47H,8-11,13-15H2,1-5H3/t16-,17-,18+,22-,23+,24+,25+,28-,29-,32+,36-,37+,38-/m0/s1. The number of hydrogen-bond acceptors (Lipinski definition) is 15. The van der Waals surface area contributed by atoms with E-state index in [1.165, 1.54) is 25.1 Å². The third-order valence-corrected chi connectivity index (χ3v) is 12.6. The van der Waals surface area contributed by atoms with Crippen LogP contribution in [0.1, 0.15) is 105 Å². The van der Waals surface area contributed by atoms with Crippen LogP contribution >= 0.6 is 11.8 Å². The van der Waals surface area contributed by atoms with E-state index in [2.05, 4.69) is 0 Å². The van der Waals surface area contributed by atoms with Gasteiger partial charge in [-0.3, -0.25) is 14.4 Å². The normalized spacial score (nSPS) is 43.2. The molecule has 15 heteroatoms. The van der Waals surface area contributed by atoms with Crippen molar-refractivity contribution in [2.24, 2.45) is 0 Å². The topological polar surface area (TPSA) is 219 Å². The maximum absolute atomic E-state index is 14.8. The smallest absolute Gasteiger partial charge is 0.198 e. The Balaban J connectivity index is 1.28. The fourth-order valence-electron chi connectivity index (χ4n) is 8.87. The molecule has 0 spiro atoms. The summed E-state index contributed by atoms with van der Waals surface area (Å²) in [4.78, 5) is 43.9. The summed E-state index contributed by atoms with van der Waals surface area (Å²) in [6.45, 7) is 6.42. The Bertz CT molecular complexity index is 1760. The lowest BCUT2D eigenvalue weighted by molar-refractivity contribution is -0.283. The van der Waals surface area contributed by atoms with Crippen LogP contribution in [0.5, 0.6) is 5.75 Å². The molecule has 6 N–H and O–H groups in total. The van der Waals surface area contributed by atoms with E-state index in [1.807, 2.05) is 0 Å². The fraction of sp³-hybridized carbons (Fsp3) is 0.658. The minimum absolute atomic E-state index is 0.0637. The molecule has 0 amide bonds. The number of aliphatic hydroxyl groups excluding tert-OH is 3. The van der Waals surface area contributed by atoms with Crippen molar-refractivity contribution in [1.82, 2.24) is 0 Å². The summed E-state index contributed by atoms with van der Waals surface area (Å²) in [7, 11) is 0. The molecule has 14 nitrogen and oxygen atoms in total. The molecule has 0 radical (unpaired) electrons. The van der Waals surface area contributed by atoms with E-state index in [4.69, 9.17) is 23.7 Å². The van der Waals surface area contributed by atoms with Crippen LogP contribution in [-0.2, 0) is 28.5 Å². The Labute approximate surface area is 311 Å². The molecule has 13 atom stereocenters. The van der Waals surface area contributed by atoms with Crippen molar-refractivity contribution in [3.05, 3.63) is 51.0 Å². The highest BCUT2D eigenvalue weighted by Gasteiger charge is 2.71. The van der Waals surface area contributed by atoms with Crippen LogP contribution in [0.15, 0.2) is 34.3 Å². The van der Waals surface area contributed by atoms with Crippen LogP contribution in [0.25, 0.3) is 0 Å². The average molecular weight is 761 g/mol. The van der Waals surface area contributed by atoms with Gasteiger partial charge >= 0.3 is 0 Å². The van der Waals surface area contributed by atoms with Crippen LogP contribution in [0.3, 0.4) is 0 Å². The summed E-state index contributed by atoms with van der Waals surface area (Å²) in [5.74, 6) is -2.96. The number of Topliss-reactive ketones (excluding diaryl/α,β-unsaturated/α-hetero) is 3. The number of thioether (sulfide) groups is 1. The first kappa shape index (κ1) is 38.7. The van der Waals surface area contributed by atoms with Gasteiger partial charge in [0.25, 0.3) is 0 Å². The largest absolute Gasteiger partial charge is 0.507 e. The van der Waals surface area contributed by atoms with E-state index < -0.39 is 120 Å². The van der Waals surface area contributed by atoms with Gasteiger partial charge < -0.3 is 54.3 Å². The highest BCUT2D eigenvalue weighted by molar-refractivity contribution is 8.02. The van der Waals surface area contributed by atoms with Crippen molar-refractivity contribution in [3.63, 3.8) is 0 Å². The molecule has 3 aliphatic heterocycles. The molecule has 3 aliphatic carbocycles. The number of hydrogen-bond donors (Lipinski definition) is 6. The molecule has 290 valence electrons. The molecule has 0 aromatic heterocycles. The van der Waals surface area contributed by atoms with Gasteiger partial charge in [-0.25, -0.2) is 0 Å². The number of rotatable bonds is 6. The highest BCUT2D eigenvalue weighted by atomic mass is 32.2. The lowest BCUT2D eigenvalue weighted by Crippen LogP contribution is -2.72. The molecule has 6 aliphatic rings. The summed E-state index contributed by atoms with van der Waals surface area (Å²) < 4.78 is 30.4. The molecule has 7 rings (SSSR count). The molecule has 1 saturated carbocycles. The predicted octanol–water partition coefficient (Wildman–Crippen LogP) is 2.30. The van der Waals surface area contributed by atoms with Crippen molar-refractivity contribution in [2.75, 3.05) is 6.26 Å². The number of ketones is 3. The summed E-state index contributed by atoms with van der Waals surface area (Å²) >= 11 is 1.02. The molecule has 3 heterocycles. The number of aromatic hydroxyl groups is 1. The molecule has 3 saturated heterocycles. The molecular weight excluding hydrogens is 712 g/mol. The third-order valence-electron chi connectivity index (χ3n) is 11.7. The van der Waals surface area contributed by atoms with Gasteiger partial charge in [0, 0.05) is 53.7 Å². The van der Waals surface area contributed by atoms with Crippen molar-refractivity contribution in [3.8, 4) is 5.75 Å². The second-order valence-electron chi connectivity index (χ2n) is 15.6. The van der Waals surface area contributed by atoms with Gasteiger partial charge in [0.05, 0.1) is 59.5 Å². The first-order valence-corrected chi connectivity index (χ1v) is 19.4. The molecular formula is C38H48O14S. The van der Waals surface area contributed by atoms with Crippen LogP contribution in [0.4, 0.5) is 0 Å². The lowest BCUT2D eigenvalue weighted by Gasteiger charge is -2.56. The van der Waals surface area contributed by atoms with E-state index >= 15 is 0 Å². The van der Waals surface area contributed by atoms with Gasteiger partial charge in [0.15, 0.2) is 35.5 Å². The first-order chi connectivity index (χ1) is 24.9. The van der Waals surface area contributed by atoms with E-state index in [0.29, 0.717) is 12.8 Å². The number of phenolic OH excluding ortho intramolecular Hbond substituents is 1. The Morgan fingerprint density at radius 3 is 2.15 bits per heavy atom. The van der Waals surface area contributed by atoms with Gasteiger partial charge in [0.2, 0.25) is 0 Å². The van der Waals surface area contributed by atoms with Gasteiger partial charge in [-0.15, -0.1) is 11.8 Å². The van der Waals surface area contributed by atoms with E-state index in [1.54, 1.807) is 27.0 Å². The summed E-state index contributed by atoms with van der Waals surface area (Å²) in [6.07, 6.45) is -4.59. The minimum Gasteiger partial charge on any atom is -0.507 e. The van der Waals surface area contributed by atoms with Crippen LogP contribution < -0.4 is 0 Å². The molecule has 53 heavy (non-hydrogen) atoms. The third kappa shape index (κ3) is 6.25. The maximum Gasteiger partial charge on any atom is 0.198 e. The summed E-state index contributed by atoms with van der Waals surface area (Å²) in [6, 6.07) is 2.80. The highest BCUT2D eigenvalue weighted by Crippen LogP contribution is 2.58. The maximum atomic E-state index is 14.8. The Hall–Kier alpha value is -2.54. The van der Waals surface area contributed by atoms with Gasteiger partial charge in [-0.05, 0) is 58.9 Å². The number of benzene rings is 1. The van der Waals surface area contributed by atoms with E-state index in [9.17, 15) is 45.0 Å². The molecule has 4 fully saturated rings. The van der Waals surface area contributed by atoms with E-state index in [0.717, 1.165) is 11.8 Å². The number of allylic oxidation sites excluding steroid dienone is 2. The lowest BCUT2D eigenvalue weighted by atomic mass is 9.57. The van der Waals surface area contributed by atoms with Crippen LogP contribution in [0.2, 0.25) is 0 Å². The Morgan fingerprint density at radius 2 is 1.51 bits per heavy atom. The second-order valence-corrected chi connectivity index (χ2v) is 16.4. The predicted molar refractivity (Wildman–Crippen MR) is 187 cm³/mol. The fourth-order valence-corrected chi connectivity index (χ4v) is 9.66. The number of fused-ring (bicyclic) bond motifs is 3. The summed E-state index contributed by atoms with van der Waals surface area (Å²) in [5, 5.41) is 67.0. The number of carbonyl (C=O) groups excluding carboxylic acids is 3. The van der Waals surface area contributed by atoms with Crippen molar-refractivity contribution < 1.29 is 68.7 Å². The van der Waals surface area contributed by atoms with Gasteiger partial charge in [-0.2, -0.15) is 0 Å². The zero-order valence-corrected chi connectivity index (χ0v) is 31.1. The second kappa shape index (κ2) is 13.9. The van der Waals surface area contributed by atoms with Gasteiger partial charge in [-0.1, -0.05) is 6.07 Å². The molecule has 1 aromatic carbocycles. The SMILES string of the molecule is CSC1=CC2=C(C(=O)c3ccc([C@H]4C[C@@H](O[C@H]5CC[C@H](O)[C@H](C)O5)[C@H](O)[C@@H](C)O4)c(O)c3C2=O)[C@@]2(O[C@H]3CC[C@@H](O)[C@H](C)O3)C(=O)C[C@](C)(O)C[C@@]12O. The molecule has 0 bridgehead atoms. The van der Waals surface area contributed by atoms with Crippen LogP contribution in [0, 0.1) is 0 Å². The molecule has 1 aromatic rings.